The number of piperidine rings is 1. The van der Waals surface area contributed by atoms with Gasteiger partial charge in [0.1, 0.15) is 5.54 Å². The van der Waals surface area contributed by atoms with Crippen LogP contribution in [0.4, 0.5) is 11.4 Å². The third-order valence-electron chi connectivity index (χ3n) is 5.63. The second-order valence-electron chi connectivity index (χ2n) is 7.38. The fourth-order valence-corrected chi connectivity index (χ4v) is 4.13. The Morgan fingerprint density at radius 1 is 1.12 bits per heavy atom. The van der Waals surface area contributed by atoms with Gasteiger partial charge in [0, 0.05) is 31.0 Å². The number of nitrogens with one attached hydrogen (secondary N) is 3. The summed E-state index contributed by atoms with van der Waals surface area (Å²) < 4.78 is 0. The molecule has 4 rings (SSSR count). The number of Topliss-reactive ketones (excluding diaryl/α,β-unsaturated/α-hetero) is 1. The molecule has 3 heterocycles. The third-order valence-corrected chi connectivity index (χ3v) is 5.63. The first kappa shape index (κ1) is 17.0. The molecule has 3 saturated heterocycles. The SMILES string of the molecule is O=C(Nc1ccc(N2CCCCC2)cc1)C1C(=O)NC2(CCNC2)C1=O. The van der Waals surface area contributed by atoms with Gasteiger partial charge in [0.15, 0.2) is 11.7 Å². The van der Waals surface area contributed by atoms with E-state index in [9.17, 15) is 14.4 Å². The molecule has 2 amide bonds. The van der Waals surface area contributed by atoms with Gasteiger partial charge in [-0.3, -0.25) is 14.4 Å². The summed E-state index contributed by atoms with van der Waals surface area (Å²) in [5.74, 6) is -2.64. The van der Waals surface area contributed by atoms with Gasteiger partial charge >= 0.3 is 0 Å². The Morgan fingerprint density at radius 2 is 1.85 bits per heavy atom. The van der Waals surface area contributed by atoms with Gasteiger partial charge in [-0.25, -0.2) is 0 Å². The topological polar surface area (TPSA) is 90.5 Å². The Balaban J connectivity index is 1.43. The van der Waals surface area contributed by atoms with Gasteiger partial charge in [-0.2, -0.15) is 0 Å². The molecule has 138 valence electrons. The maximum atomic E-state index is 12.6. The summed E-state index contributed by atoms with van der Waals surface area (Å²) in [4.78, 5) is 39.7. The number of anilines is 2. The molecule has 1 spiro atoms. The van der Waals surface area contributed by atoms with E-state index in [1.54, 1.807) is 0 Å². The summed E-state index contributed by atoms with van der Waals surface area (Å²) >= 11 is 0. The Hall–Kier alpha value is -2.41. The molecule has 3 aliphatic rings. The minimum atomic E-state index is -1.27. The van der Waals surface area contributed by atoms with Gasteiger partial charge in [0.25, 0.3) is 0 Å². The Labute approximate surface area is 152 Å². The fraction of sp³-hybridized carbons (Fsp3) is 0.526. The lowest BCUT2D eigenvalue weighted by Gasteiger charge is -2.28. The van der Waals surface area contributed by atoms with Gasteiger partial charge in [-0.15, -0.1) is 0 Å². The van der Waals surface area contributed by atoms with E-state index in [4.69, 9.17) is 0 Å². The third kappa shape index (κ3) is 2.96. The monoisotopic (exact) mass is 356 g/mol. The molecule has 0 bridgehead atoms. The van der Waals surface area contributed by atoms with Crippen LogP contribution in [0.2, 0.25) is 0 Å². The average molecular weight is 356 g/mol. The summed E-state index contributed by atoms with van der Waals surface area (Å²) in [7, 11) is 0. The lowest BCUT2D eigenvalue weighted by Crippen LogP contribution is -2.48. The van der Waals surface area contributed by atoms with Crippen LogP contribution in [-0.2, 0) is 14.4 Å². The summed E-state index contributed by atoms with van der Waals surface area (Å²) in [6.45, 7) is 3.17. The molecule has 0 aromatic heterocycles. The Kier molecular flexibility index (Phi) is 4.40. The number of benzene rings is 1. The van der Waals surface area contributed by atoms with Crippen LogP contribution in [0.3, 0.4) is 0 Å². The molecule has 2 atom stereocenters. The van der Waals surface area contributed by atoms with Crippen LogP contribution in [0.15, 0.2) is 24.3 Å². The molecular weight excluding hydrogens is 332 g/mol. The number of hydrogen-bond donors (Lipinski definition) is 3. The molecule has 3 N–H and O–H groups in total. The lowest BCUT2D eigenvalue weighted by atomic mass is 9.90. The van der Waals surface area contributed by atoms with Crippen molar-refractivity contribution in [2.45, 2.75) is 31.2 Å². The molecule has 26 heavy (non-hydrogen) atoms. The van der Waals surface area contributed by atoms with Crippen molar-refractivity contribution in [2.24, 2.45) is 5.92 Å². The van der Waals surface area contributed by atoms with Gasteiger partial charge in [-0.1, -0.05) is 0 Å². The van der Waals surface area contributed by atoms with Crippen molar-refractivity contribution in [1.82, 2.24) is 10.6 Å². The molecule has 1 aromatic carbocycles. The van der Waals surface area contributed by atoms with Crippen molar-refractivity contribution >= 4 is 29.0 Å². The number of amides is 2. The molecule has 0 aliphatic carbocycles. The van der Waals surface area contributed by atoms with Crippen molar-refractivity contribution in [3.8, 4) is 0 Å². The second kappa shape index (κ2) is 6.72. The zero-order valence-corrected chi connectivity index (χ0v) is 14.7. The van der Waals surface area contributed by atoms with Crippen molar-refractivity contribution < 1.29 is 14.4 Å². The first-order valence-electron chi connectivity index (χ1n) is 9.32. The summed E-state index contributed by atoms with van der Waals surface area (Å²) in [5.41, 5.74) is 0.826. The van der Waals surface area contributed by atoms with E-state index in [0.29, 0.717) is 25.2 Å². The maximum Gasteiger partial charge on any atom is 0.244 e. The Morgan fingerprint density at radius 3 is 2.50 bits per heavy atom. The number of ketones is 1. The smallest absolute Gasteiger partial charge is 0.244 e. The highest BCUT2D eigenvalue weighted by Crippen LogP contribution is 2.28. The van der Waals surface area contributed by atoms with E-state index in [1.807, 2.05) is 24.3 Å². The normalized spacial score (nSPS) is 28.5. The van der Waals surface area contributed by atoms with E-state index in [0.717, 1.165) is 18.8 Å². The highest BCUT2D eigenvalue weighted by atomic mass is 16.2. The van der Waals surface area contributed by atoms with E-state index in [2.05, 4.69) is 20.9 Å². The number of nitrogens with zero attached hydrogens (tertiary/aromatic N) is 1. The molecular formula is C19H24N4O3. The standard InChI is InChI=1S/C19H24N4O3/c24-16-15(18(26)22-19(16)8-9-20-12-19)17(25)21-13-4-6-14(7-5-13)23-10-2-1-3-11-23/h4-7,15,20H,1-3,8-12H2,(H,21,25)(H,22,26). The lowest BCUT2D eigenvalue weighted by molar-refractivity contribution is -0.135. The maximum absolute atomic E-state index is 12.6. The average Bonchev–Trinajstić information content (AvgIpc) is 3.21. The predicted molar refractivity (Wildman–Crippen MR) is 98.0 cm³/mol. The van der Waals surface area contributed by atoms with Crippen LogP contribution in [0.1, 0.15) is 25.7 Å². The zero-order chi connectivity index (χ0) is 18.1. The fourth-order valence-electron chi connectivity index (χ4n) is 4.13. The van der Waals surface area contributed by atoms with E-state index in [1.165, 1.54) is 19.3 Å². The number of carbonyl (C=O) groups excluding carboxylic acids is 3. The first-order chi connectivity index (χ1) is 12.6. The van der Waals surface area contributed by atoms with Crippen LogP contribution < -0.4 is 20.9 Å². The van der Waals surface area contributed by atoms with E-state index >= 15 is 0 Å². The molecule has 0 saturated carbocycles. The number of hydrogen-bond acceptors (Lipinski definition) is 5. The van der Waals surface area contributed by atoms with Crippen LogP contribution >= 0.6 is 0 Å². The minimum absolute atomic E-state index is 0.324. The molecule has 3 aliphatic heterocycles. The molecule has 7 nitrogen and oxygen atoms in total. The predicted octanol–water partition coefficient (Wildman–Crippen LogP) is 0.663. The zero-order valence-electron chi connectivity index (χ0n) is 14.7. The van der Waals surface area contributed by atoms with E-state index in [-0.39, 0.29) is 5.78 Å². The van der Waals surface area contributed by atoms with Crippen LogP contribution in [0.25, 0.3) is 0 Å². The quantitative estimate of drug-likeness (QED) is 0.693. The van der Waals surface area contributed by atoms with Crippen LogP contribution in [0.5, 0.6) is 0 Å². The number of rotatable bonds is 3. The second-order valence-corrected chi connectivity index (χ2v) is 7.38. The van der Waals surface area contributed by atoms with Crippen molar-refractivity contribution in [1.29, 1.82) is 0 Å². The minimum Gasteiger partial charge on any atom is -0.372 e. The van der Waals surface area contributed by atoms with Crippen LogP contribution in [-0.4, -0.2) is 49.3 Å². The molecule has 7 heteroatoms. The molecule has 2 unspecified atom stereocenters. The highest BCUT2D eigenvalue weighted by Gasteiger charge is 2.56. The van der Waals surface area contributed by atoms with Gasteiger partial charge in [0.05, 0.1) is 0 Å². The van der Waals surface area contributed by atoms with Gasteiger partial charge in [0.2, 0.25) is 11.8 Å². The van der Waals surface area contributed by atoms with Gasteiger partial charge in [-0.05, 0) is 56.5 Å². The summed E-state index contributed by atoms with van der Waals surface area (Å²) in [6, 6.07) is 7.60. The van der Waals surface area contributed by atoms with Crippen molar-refractivity contribution in [2.75, 3.05) is 36.4 Å². The first-order valence-corrected chi connectivity index (χ1v) is 9.32. The van der Waals surface area contributed by atoms with Crippen LogP contribution in [0, 0.1) is 5.92 Å². The summed E-state index contributed by atoms with van der Waals surface area (Å²) in [6.07, 6.45) is 4.22. The van der Waals surface area contributed by atoms with Gasteiger partial charge < -0.3 is 20.9 Å². The van der Waals surface area contributed by atoms with Crippen molar-refractivity contribution in [3.63, 3.8) is 0 Å². The largest absolute Gasteiger partial charge is 0.372 e. The number of carbonyl (C=O) groups is 3. The molecule has 3 fully saturated rings. The van der Waals surface area contributed by atoms with Crippen molar-refractivity contribution in [3.05, 3.63) is 24.3 Å². The Bertz CT molecular complexity index is 719. The molecule has 1 aromatic rings. The highest BCUT2D eigenvalue weighted by molar-refractivity contribution is 6.28. The molecule has 0 radical (unpaired) electrons. The van der Waals surface area contributed by atoms with E-state index < -0.39 is 23.3 Å². The summed E-state index contributed by atoms with van der Waals surface area (Å²) in [5, 5.41) is 8.53.